The lowest BCUT2D eigenvalue weighted by Gasteiger charge is -2.14. The van der Waals surface area contributed by atoms with Gasteiger partial charge in [-0.05, 0) is 35.9 Å². The van der Waals surface area contributed by atoms with Crippen LogP contribution in [0.15, 0.2) is 70.7 Å². The van der Waals surface area contributed by atoms with Gasteiger partial charge in [0, 0.05) is 31.4 Å². The van der Waals surface area contributed by atoms with Crippen LogP contribution in [-0.4, -0.2) is 39.1 Å². The molecule has 7 nitrogen and oxygen atoms in total. The molecule has 1 heterocycles. The number of benzene rings is 2. The Morgan fingerprint density at radius 1 is 0.963 bits per heavy atom. The van der Waals surface area contributed by atoms with E-state index in [4.69, 9.17) is 0 Å². The number of para-hydroxylation sites is 1. The zero-order chi connectivity index (χ0) is 19.7. The van der Waals surface area contributed by atoms with E-state index in [1.54, 1.807) is 10.9 Å². The third-order valence-electron chi connectivity index (χ3n) is 3.99. The van der Waals surface area contributed by atoms with Crippen molar-refractivity contribution >= 4 is 25.4 Å². The summed E-state index contributed by atoms with van der Waals surface area (Å²) >= 11 is 0. The van der Waals surface area contributed by atoms with Gasteiger partial charge >= 0.3 is 0 Å². The number of sulfone groups is 2. The molecule has 0 amide bonds. The minimum absolute atomic E-state index is 0.0367. The highest BCUT2D eigenvalue weighted by Crippen LogP contribution is 2.26. The predicted molar refractivity (Wildman–Crippen MR) is 104 cm³/mol. The molecule has 0 saturated heterocycles. The molecule has 27 heavy (non-hydrogen) atoms. The molecule has 9 heteroatoms. The maximum absolute atomic E-state index is 12.1. The van der Waals surface area contributed by atoms with Crippen molar-refractivity contribution in [2.45, 2.75) is 16.3 Å². The van der Waals surface area contributed by atoms with Crippen LogP contribution in [0.4, 0.5) is 5.69 Å². The fourth-order valence-corrected chi connectivity index (χ4v) is 4.27. The van der Waals surface area contributed by atoms with Gasteiger partial charge in [-0.1, -0.05) is 18.2 Å². The second kappa shape index (κ2) is 7.16. The van der Waals surface area contributed by atoms with Crippen LogP contribution in [0.2, 0.25) is 0 Å². The third kappa shape index (κ3) is 4.37. The van der Waals surface area contributed by atoms with Gasteiger partial charge in [-0.25, -0.2) is 21.5 Å². The first kappa shape index (κ1) is 19.1. The number of aromatic nitrogens is 2. The molecule has 0 aliphatic carbocycles. The Bertz CT molecular complexity index is 1170. The molecule has 0 saturated carbocycles. The Hall–Kier alpha value is -2.65. The van der Waals surface area contributed by atoms with E-state index in [0.29, 0.717) is 12.2 Å². The molecule has 1 aromatic heterocycles. The van der Waals surface area contributed by atoms with E-state index in [-0.39, 0.29) is 9.79 Å². The lowest BCUT2D eigenvalue weighted by atomic mass is 10.1. The molecule has 0 aliphatic rings. The first-order valence-corrected chi connectivity index (χ1v) is 11.8. The van der Waals surface area contributed by atoms with Crippen molar-refractivity contribution in [2.24, 2.45) is 0 Å². The Morgan fingerprint density at radius 3 is 2.33 bits per heavy atom. The Morgan fingerprint density at radius 2 is 1.70 bits per heavy atom. The van der Waals surface area contributed by atoms with Crippen molar-refractivity contribution in [1.29, 1.82) is 0 Å². The molecule has 0 spiro atoms. The summed E-state index contributed by atoms with van der Waals surface area (Å²) in [5, 5.41) is 7.33. The summed E-state index contributed by atoms with van der Waals surface area (Å²) in [7, 11) is -7.13. The molecule has 0 bridgehead atoms. The van der Waals surface area contributed by atoms with Gasteiger partial charge < -0.3 is 5.32 Å². The minimum Gasteiger partial charge on any atom is -0.380 e. The van der Waals surface area contributed by atoms with Gasteiger partial charge in [-0.15, -0.1) is 0 Å². The molecular weight excluding hydrogens is 386 g/mol. The maximum Gasteiger partial charge on any atom is 0.177 e. The molecule has 3 aromatic rings. The SMILES string of the molecule is CS(=O)(=O)c1ccc(NCc2ccccc2-n2cccn2)c(S(C)(=O)=O)c1. The van der Waals surface area contributed by atoms with Crippen LogP contribution in [-0.2, 0) is 26.2 Å². The first-order chi connectivity index (χ1) is 12.7. The van der Waals surface area contributed by atoms with Crippen molar-refractivity contribution in [3.63, 3.8) is 0 Å². The molecule has 2 aromatic carbocycles. The highest BCUT2D eigenvalue weighted by molar-refractivity contribution is 7.91. The van der Waals surface area contributed by atoms with Crippen LogP contribution in [0, 0.1) is 0 Å². The predicted octanol–water partition coefficient (Wildman–Crippen LogP) is 2.29. The fraction of sp³-hybridized carbons (Fsp3) is 0.167. The number of hydrogen-bond acceptors (Lipinski definition) is 6. The third-order valence-corrected chi connectivity index (χ3v) is 6.24. The summed E-state index contributed by atoms with van der Waals surface area (Å²) < 4.78 is 49.5. The van der Waals surface area contributed by atoms with Crippen molar-refractivity contribution in [3.8, 4) is 5.69 Å². The fourth-order valence-electron chi connectivity index (χ4n) is 2.67. The molecular formula is C18H19N3O4S2. The van der Waals surface area contributed by atoms with E-state index in [1.807, 2.05) is 36.5 Å². The van der Waals surface area contributed by atoms with Crippen molar-refractivity contribution in [3.05, 3.63) is 66.5 Å². The molecule has 3 rings (SSSR count). The summed E-state index contributed by atoms with van der Waals surface area (Å²) in [4.78, 5) is -0.0904. The topological polar surface area (TPSA) is 98.1 Å². The second-order valence-corrected chi connectivity index (χ2v) is 10.1. The highest BCUT2D eigenvalue weighted by atomic mass is 32.2. The van der Waals surface area contributed by atoms with E-state index in [2.05, 4.69) is 10.4 Å². The van der Waals surface area contributed by atoms with E-state index < -0.39 is 19.7 Å². The quantitative estimate of drug-likeness (QED) is 0.676. The van der Waals surface area contributed by atoms with Crippen LogP contribution in [0.25, 0.3) is 5.69 Å². The average Bonchev–Trinajstić information content (AvgIpc) is 3.13. The van der Waals surface area contributed by atoms with Gasteiger partial charge in [0.1, 0.15) is 0 Å². The molecule has 0 fully saturated rings. The molecule has 0 aliphatic heterocycles. The Labute approximate surface area is 158 Å². The Kier molecular flexibility index (Phi) is 5.07. The standard InChI is InChI=1S/C18H19N3O4S2/c1-26(22,23)15-8-9-16(18(12-15)27(2,24)25)19-13-14-6-3-4-7-17(14)21-11-5-10-20-21/h3-12,19H,13H2,1-2H3. The lowest BCUT2D eigenvalue weighted by Crippen LogP contribution is -2.10. The average molecular weight is 406 g/mol. The van der Waals surface area contributed by atoms with Gasteiger partial charge in [0.2, 0.25) is 0 Å². The molecule has 0 radical (unpaired) electrons. The molecule has 0 unspecified atom stereocenters. The number of anilines is 1. The molecule has 0 atom stereocenters. The molecule has 1 N–H and O–H groups in total. The Balaban J connectivity index is 1.96. The number of nitrogens with zero attached hydrogens (tertiary/aromatic N) is 2. The number of hydrogen-bond donors (Lipinski definition) is 1. The van der Waals surface area contributed by atoms with Gasteiger partial charge in [-0.3, -0.25) is 0 Å². The highest BCUT2D eigenvalue weighted by Gasteiger charge is 2.18. The lowest BCUT2D eigenvalue weighted by molar-refractivity contribution is 0.600. The van der Waals surface area contributed by atoms with Crippen molar-refractivity contribution in [1.82, 2.24) is 9.78 Å². The van der Waals surface area contributed by atoms with Crippen molar-refractivity contribution < 1.29 is 16.8 Å². The monoisotopic (exact) mass is 405 g/mol. The van der Waals surface area contributed by atoms with E-state index >= 15 is 0 Å². The van der Waals surface area contributed by atoms with Gasteiger partial charge in [0.25, 0.3) is 0 Å². The van der Waals surface area contributed by atoms with Crippen LogP contribution >= 0.6 is 0 Å². The number of rotatable bonds is 6. The van der Waals surface area contributed by atoms with Gasteiger partial charge in [-0.2, -0.15) is 5.10 Å². The maximum atomic E-state index is 12.1. The molecule has 142 valence electrons. The number of nitrogens with one attached hydrogen (secondary N) is 1. The normalized spacial score (nSPS) is 12.1. The van der Waals surface area contributed by atoms with E-state index in [9.17, 15) is 16.8 Å². The van der Waals surface area contributed by atoms with Gasteiger partial charge in [0.05, 0.1) is 21.2 Å². The zero-order valence-electron chi connectivity index (χ0n) is 14.8. The van der Waals surface area contributed by atoms with Crippen molar-refractivity contribution in [2.75, 3.05) is 17.8 Å². The summed E-state index contributed by atoms with van der Waals surface area (Å²) in [6, 6.07) is 13.5. The van der Waals surface area contributed by atoms with E-state index in [1.165, 1.54) is 18.2 Å². The minimum atomic E-state index is -3.62. The van der Waals surface area contributed by atoms with E-state index in [0.717, 1.165) is 23.8 Å². The van der Waals surface area contributed by atoms with Crippen LogP contribution in [0.1, 0.15) is 5.56 Å². The summed E-state index contributed by atoms with van der Waals surface area (Å²) in [6.07, 6.45) is 5.59. The summed E-state index contributed by atoms with van der Waals surface area (Å²) in [5.74, 6) is 0. The smallest absolute Gasteiger partial charge is 0.177 e. The first-order valence-electron chi connectivity index (χ1n) is 8.02. The second-order valence-electron chi connectivity index (χ2n) is 6.14. The largest absolute Gasteiger partial charge is 0.380 e. The van der Waals surface area contributed by atoms with Crippen LogP contribution in [0.5, 0.6) is 0 Å². The summed E-state index contributed by atoms with van der Waals surface area (Å²) in [6.45, 7) is 0.344. The zero-order valence-corrected chi connectivity index (χ0v) is 16.5. The van der Waals surface area contributed by atoms with Gasteiger partial charge in [0.15, 0.2) is 19.7 Å². The van der Waals surface area contributed by atoms with Crippen LogP contribution < -0.4 is 5.32 Å². The summed E-state index contributed by atoms with van der Waals surface area (Å²) in [5.41, 5.74) is 2.12. The van der Waals surface area contributed by atoms with Crippen LogP contribution in [0.3, 0.4) is 0 Å².